The third-order valence-corrected chi connectivity index (χ3v) is 3.50. The van der Waals surface area contributed by atoms with E-state index in [1.807, 2.05) is 19.9 Å². The van der Waals surface area contributed by atoms with E-state index in [2.05, 4.69) is 0 Å². The lowest BCUT2D eigenvalue weighted by Gasteiger charge is -2.13. The molecule has 0 saturated carbocycles. The molecule has 2 N–H and O–H groups in total. The van der Waals surface area contributed by atoms with Gasteiger partial charge in [-0.15, -0.1) is 0 Å². The number of Topliss-reactive ketones (excluding diaryl/α,β-unsaturated/α-hetero) is 1. The number of ketones is 1. The van der Waals surface area contributed by atoms with Crippen molar-refractivity contribution in [2.24, 2.45) is 5.73 Å². The molecular formula is C15H22N2O3. The molecule has 1 aromatic rings. The van der Waals surface area contributed by atoms with Crippen molar-refractivity contribution in [1.82, 2.24) is 0 Å². The first kappa shape index (κ1) is 16.3. The highest BCUT2D eigenvalue weighted by atomic mass is 16.6. The summed E-state index contributed by atoms with van der Waals surface area (Å²) in [5.41, 5.74) is 8.31. The summed E-state index contributed by atoms with van der Waals surface area (Å²) in [7, 11) is 0. The maximum absolute atomic E-state index is 11.8. The lowest BCUT2D eigenvalue weighted by Crippen LogP contribution is -2.32. The van der Waals surface area contributed by atoms with E-state index < -0.39 is 6.04 Å². The molecule has 110 valence electrons. The van der Waals surface area contributed by atoms with Gasteiger partial charge in [0.1, 0.15) is 5.78 Å². The minimum absolute atomic E-state index is 0.0106. The van der Waals surface area contributed by atoms with Gasteiger partial charge in [-0.1, -0.05) is 19.9 Å². The topological polar surface area (TPSA) is 86.2 Å². The van der Waals surface area contributed by atoms with Crippen LogP contribution in [0.2, 0.25) is 0 Å². The quantitative estimate of drug-likeness (QED) is 0.613. The van der Waals surface area contributed by atoms with Crippen LogP contribution in [-0.2, 0) is 17.6 Å². The summed E-state index contributed by atoms with van der Waals surface area (Å²) in [4.78, 5) is 22.5. The molecule has 0 aliphatic heterocycles. The Morgan fingerprint density at radius 1 is 1.40 bits per heavy atom. The first-order chi connectivity index (χ1) is 9.40. The monoisotopic (exact) mass is 278 g/mol. The van der Waals surface area contributed by atoms with Gasteiger partial charge in [0.25, 0.3) is 5.69 Å². The van der Waals surface area contributed by atoms with Gasteiger partial charge < -0.3 is 5.73 Å². The zero-order valence-electron chi connectivity index (χ0n) is 12.3. The molecule has 0 aromatic heterocycles. The smallest absolute Gasteiger partial charge is 0.272 e. The summed E-state index contributed by atoms with van der Waals surface area (Å²) in [5.74, 6) is 0.0106. The summed E-state index contributed by atoms with van der Waals surface area (Å²) >= 11 is 0. The van der Waals surface area contributed by atoms with Crippen molar-refractivity contribution >= 4 is 11.5 Å². The fourth-order valence-corrected chi connectivity index (χ4v) is 2.21. The molecule has 0 heterocycles. The molecule has 1 unspecified atom stereocenters. The number of aryl methyl sites for hydroxylation is 1. The Kier molecular flexibility index (Phi) is 5.82. The average Bonchev–Trinajstić information content (AvgIpc) is 2.40. The number of carbonyl (C=O) groups is 1. The predicted octanol–water partition coefficient (Wildman–Crippen LogP) is 2.70. The lowest BCUT2D eigenvalue weighted by molar-refractivity contribution is -0.385. The molecule has 0 bridgehead atoms. The molecule has 0 fully saturated rings. The fourth-order valence-electron chi connectivity index (χ4n) is 2.21. The highest BCUT2D eigenvalue weighted by molar-refractivity contribution is 5.84. The lowest BCUT2D eigenvalue weighted by atomic mass is 9.94. The van der Waals surface area contributed by atoms with Gasteiger partial charge in [0.05, 0.1) is 11.0 Å². The van der Waals surface area contributed by atoms with Crippen LogP contribution < -0.4 is 5.73 Å². The Labute approximate surface area is 119 Å². The Balaban J connectivity index is 3.08. The Hall–Kier alpha value is -1.75. The van der Waals surface area contributed by atoms with Crippen LogP contribution in [0.15, 0.2) is 12.1 Å². The largest absolute Gasteiger partial charge is 0.321 e. The first-order valence-electron chi connectivity index (χ1n) is 6.95. The second-order valence-electron chi connectivity index (χ2n) is 5.04. The Bertz CT molecular complexity index is 512. The second-order valence-corrected chi connectivity index (χ2v) is 5.04. The molecule has 1 aromatic carbocycles. The summed E-state index contributed by atoms with van der Waals surface area (Å²) in [5, 5.41) is 11.1. The van der Waals surface area contributed by atoms with Gasteiger partial charge in [0.2, 0.25) is 0 Å². The minimum atomic E-state index is -0.583. The van der Waals surface area contributed by atoms with Crippen molar-refractivity contribution in [2.75, 3.05) is 0 Å². The number of hydrogen-bond donors (Lipinski definition) is 1. The van der Waals surface area contributed by atoms with E-state index in [1.54, 1.807) is 13.0 Å². The Morgan fingerprint density at radius 2 is 2.05 bits per heavy atom. The number of rotatable bonds is 7. The highest BCUT2D eigenvalue weighted by Gasteiger charge is 2.19. The van der Waals surface area contributed by atoms with Crippen molar-refractivity contribution < 1.29 is 9.72 Å². The van der Waals surface area contributed by atoms with Gasteiger partial charge in [-0.05, 0) is 37.3 Å². The van der Waals surface area contributed by atoms with Gasteiger partial charge in [0.15, 0.2) is 0 Å². The molecule has 0 aliphatic rings. The molecule has 0 radical (unpaired) electrons. The minimum Gasteiger partial charge on any atom is -0.321 e. The molecule has 1 rings (SSSR count). The average molecular weight is 278 g/mol. The van der Waals surface area contributed by atoms with Crippen molar-refractivity contribution in [3.8, 4) is 0 Å². The number of hydrogen-bond acceptors (Lipinski definition) is 4. The SMILES string of the molecule is CCCC(=O)C(N)Cc1cc(CC)cc([N+](=O)[O-])c1C. The van der Waals surface area contributed by atoms with E-state index >= 15 is 0 Å². The van der Waals surface area contributed by atoms with Gasteiger partial charge in [-0.2, -0.15) is 0 Å². The van der Waals surface area contributed by atoms with Crippen LogP contribution >= 0.6 is 0 Å². The molecule has 0 aliphatic carbocycles. The Morgan fingerprint density at radius 3 is 2.55 bits per heavy atom. The van der Waals surface area contributed by atoms with Crippen molar-refractivity contribution in [3.63, 3.8) is 0 Å². The van der Waals surface area contributed by atoms with E-state index in [0.29, 0.717) is 24.8 Å². The molecule has 0 spiro atoms. The standard InChI is InChI=1S/C15H22N2O3/c1-4-6-15(18)13(16)9-12-7-11(5-2)8-14(10(12)3)17(19)20/h7-8,13H,4-6,9,16H2,1-3H3. The van der Waals surface area contributed by atoms with Crippen LogP contribution in [0.5, 0.6) is 0 Å². The van der Waals surface area contributed by atoms with E-state index in [9.17, 15) is 14.9 Å². The van der Waals surface area contributed by atoms with E-state index in [-0.39, 0.29) is 16.4 Å². The van der Waals surface area contributed by atoms with Crippen LogP contribution in [0.4, 0.5) is 5.69 Å². The molecule has 0 saturated heterocycles. The maximum Gasteiger partial charge on any atom is 0.272 e. The third-order valence-electron chi connectivity index (χ3n) is 3.50. The summed E-state index contributed by atoms with van der Waals surface area (Å²) in [6.45, 7) is 5.59. The van der Waals surface area contributed by atoms with E-state index in [0.717, 1.165) is 17.5 Å². The molecule has 20 heavy (non-hydrogen) atoms. The summed E-state index contributed by atoms with van der Waals surface area (Å²) in [6, 6.07) is 2.93. The maximum atomic E-state index is 11.8. The van der Waals surface area contributed by atoms with Crippen LogP contribution in [0.1, 0.15) is 43.4 Å². The molecule has 5 heteroatoms. The zero-order valence-corrected chi connectivity index (χ0v) is 12.3. The van der Waals surface area contributed by atoms with Crippen molar-refractivity contribution in [1.29, 1.82) is 0 Å². The van der Waals surface area contributed by atoms with E-state index in [4.69, 9.17) is 5.73 Å². The van der Waals surface area contributed by atoms with Crippen molar-refractivity contribution in [2.45, 2.75) is 52.5 Å². The zero-order chi connectivity index (χ0) is 15.3. The number of nitrogens with zero attached hydrogens (tertiary/aromatic N) is 1. The third kappa shape index (κ3) is 3.87. The number of nitro groups is 1. The van der Waals surface area contributed by atoms with Gasteiger partial charge in [-0.3, -0.25) is 14.9 Å². The van der Waals surface area contributed by atoms with Crippen LogP contribution in [0.25, 0.3) is 0 Å². The number of carbonyl (C=O) groups excluding carboxylic acids is 1. The van der Waals surface area contributed by atoms with Crippen LogP contribution in [0.3, 0.4) is 0 Å². The number of nitro benzene ring substituents is 1. The van der Waals surface area contributed by atoms with E-state index in [1.165, 1.54) is 0 Å². The number of benzene rings is 1. The highest BCUT2D eigenvalue weighted by Crippen LogP contribution is 2.25. The summed E-state index contributed by atoms with van der Waals surface area (Å²) < 4.78 is 0. The van der Waals surface area contributed by atoms with Gasteiger partial charge in [-0.25, -0.2) is 0 Å². The van der Waals surface area contributed by atoms with Crippen molar-refractivity contribution in [3.05, 3.63) is 38.9 Å². The second kappa shape index (κ2) is 7.14. The predicted molar refractivity (Wildman–Crippen MR) is 78.8 cm³/mol. The van der Waals surface area contributed by atoms with Crippen LogP contribution in [-0.4, -0.2) is 16.7 Å². The normalized spacial score (nSPS) is 12.2. The molecular weight excluding hydrogens is 256 g/mol. The number of nitrogens with two attached hydrogens (primary N) is 1. The molecule has 1 atom stereocenters. The van der Waals surface area contributed by atoms with Gasteiger partial charge in [0, 0.05) is 18.1 Å². The van der Waals surface area contributed by atoms with Crippen LogP contribution in [0, 0.1) is 17.0 Å². The first-order valence-corrected chi connectivity index (χ1v) is 6.95. The van der Waals surface area contributed by atoms with Gasteiger partial charge >= 0.3 is 0 Å². The summed E-state index contributed by atoms with van der Waals surface area (Å²) in [6.07, 6.45) is 2.29. The molecule has 0 amide bonds. The fraction of sp³-hybridized carbons (Fsp3) is 0.533. The molecule has 5 nitrogen and oxygen atoms in total.